The van der Waals surface area contributed by atoms with E-state index in [9.17, 15) is 24.9 Å². The van der Waals surface area contributed by atoms with Gasteiger partial charge in [-0.1, -0.05) is 49.2 Å². The van der Waals surface area contributed by atoms with Gasteiger partial charge in [-0.25, -0.2) is 4.79 Å². The number of fused-ring (bicyclic) bond motifs is 2. The molecule has 0 saturated heterocycles. The summed E-state index contributed by atoms with van der Waals surface area (Å²) in [5.74, 6) is -0.958. The van der Waals surface area contributed by atoms with E-state index >= 15 is 0 Å². The molecule has 9 heteroatoms. The van der Waals surface area contributed by atoms with Gasteiger partial charge in [-0.15, -0.1) is 0 Å². The minimum Gasteiger partial charge on any atom is -0.491 e. The van der Waals surface area contributed by atoms with Crippen molar-refractivity contribution >= 4 is 29.2 Å². The number of rotatable bonds is 4. The smallest absolute Gasteiger partial charge is 0.340 e. The number of ether oxygens (including phenoxy) is 1. The number of carboxylic acids is 1. The number of aliphatic hydroxyl groups excluding tert-OH is 1. The molecule has 0 radical (unpaired) electrons. The molecule has 1 fully saturated rings. The molecule has 5 rings (SSSR count). The molecule has 2 bridgehead atoms. The lowest BCUT2D eigenvalue weighted by Gasteiger charge is -2.42. The lowest BCUT2D eigenvalue weighted by molar-refractivity contribution is -0.164. The monoisotopic (exact) mass is 610 g/mol. The van der Waals surface area contributed by atoms with Crippen molar-refractivity contribution < 1.29 is 29.6 Å². The van der Waals surface area contributed by atoms with Gasteiger partial charge in [0, 0.05) is 37.6 Å². The summed E-state index contributed by atoms with van der Waals surface area (Å²) in [6, 6.07) is 11.0. The summed E-state index contributed by atoms with van der Waals surface area (Å²) in [6.45, 7) is 4.24. The van der Waals surface area contributed by atoms with Crippen LogP contribution in [0.1, 0.15) is 68.1 Å². The fraction of sp³-hybridized carbons (Fsp3) is 0.529. The van der Waals surface area contributed by atoms with Gasteiger partial charge in [0.2, 0.25) is 5.91 Å². The number of allylic oxidation sites excluding steroid dienone is 1. The number of benzene rings is 2. The predicted octanol–water partition coefficient (Wildman–Crippen LogP) is 5.13. The van der Waals surface area contributed by atoms with E-state index in [-0.39, 0.29) is 23.3 Å². The van der Waals surface area contributed by atoms with E-state index < -0.39 is 30.0 Å². The number of aryl methyl sites for hydroxylation is 1. The van der Waals surface area contributed by atoms with Gasteiger partial charge < -0.3 is 29.9 Å². The van der Waals surface area contributed by atoms with Crippen LogP contribution in [-0.2, 0) is 21.6 Å². The van der Waals surface area contributed by atoms with Gasteiger partial charge in [0.15, 0.2) is 5.60 Å². The average molecular weight is 611 g/mol. The number of carboxylic acid groups (broad SMARTS) is 1. The molecular formula is C34H43ClN2O6. The fourth-order valence-corrected chi connectivity index (χ4v) is 6.92. The summed E-state index contributed by atoms with van der Waals surface area (Å²) in [5.41, 5.74) is 0.788. The molecule has 1 amide bonds. The molecule has 3 N–H and O–H groups in total. The van der Waals surface area contributed by atoms with Gasteiger partial charge >= 0.3 is 5.97 Å². The van der Waals surface area contributed by atoms with Gasteiger partial charge in [-0.05, 0) is 84.9 Å². The normalized spacial score (nSPS) is 29.0. The van der Waals surface area contributed by atoms with Gasteiger partial charge in [0.05, 0.1) is 24.8 Å². The number of aliphatic carboxylic acids is 1. The standard InChI is InChI=1S/C34H43ClN2O6/c1-3-7-22-16-26(35)11-13-27(22)24-20-37-19-23-9-12-28(23)30(38)8-5-4-6-15-36(2)32(39)18-34(42,33(40)41)25-10-14-31(43-21-24)29(37)17-25/h5,8,10-11,13-14,16-17,23-24,28,30,38,42H,3-4,6-7,9,12,15,18-21H2,1-2H3,(H,40,41)/b8-5-/t23?,24?,28?,30?,34-/m0/s1. The first kappa shape index (κ1) is 31.4. The Labute approximate surface area is 258 Å². The van der Waals surface area contributed by atoms with Crippen LogP contribution in [0.25, 0.3) is 0 Å². The SMILES string of the molecule is CCCc1cc(Cl)ccc1C1COc2ccc3cc2N(C1)CC1CCC1C(O)/C=C\CCCN(C)C(=O)C[C@@]3(O)C(=O)O. The molecule has 4 unspecified atom stereocenters. The Morgan fingerprint density at radius 1 is 1.16 bits per heavy atom. The minimum absolute atomic E-state index is 0.0145. The molecule has 1 saturated carbocycles. The Balaban J connectivity index is 1.57. The van der Waals surface area contributed by atoms with Crippen molar-refractivity contribution in [2.45, 2.75) is 69.5 Å². The van der Waals surface area contributed by atoms with Crippen molar-refractivity contribution in [2.24, 2.45) is 11.8 Å². The molecular weight excluding hydrogens is 568 g/mol. The molecule has 2 aromatic carbocycles. The highest BCUT2D eigenvalue weighted by Crippen LogP contribution is 2.43. The topological polar surface area (TPSA) is 111 Å². The molecule has 232 valence electrons. The van der Waals surface area contributed by atoms with E-state index in [2.05, 4.69) is 17.9 Å². The van der Waals surface area contributed by atoms with Gasteiger partial charge in [-0.2, -0.15) is 0 Å². The number of carbonyl (C=O) groups is 2. The van der Waals surface area contributed by atoms with Gasteiger partial charge in [0.1, 0.15) is 5.75 Å². The zero-order valence-electron chi connectivity index (χ0n) is 25.0. The van der Waals surface area contributed by atoms with E-state index in [1.165, 1.54) is 16.0 Å². The first-order valence-corrected chi connectivity index (χ1v) is 15.8. The number of halogens is 1. The molecule has 0 aromatic heterocycles. The summed E-state index contributed by atoms with van der Waals surface area (Å²) in [6.07, 6.45) is 7.85. The van der Waals surface area contributed by atoms with E-state index in [4.69, 9.17) is 16.3 Å². The summed E-state index contributed by atoms with van der Waals surface area (Å²) in [7, 11) is 1.62. The van der Waals surface area contributed by atoms with Gasteiger partial charge in [-0.3, -0.25) is 4.79 Å². The molecule has 2 aromatic rings. The number of amides is 1. The number of nitrogens with zero attached hydrogens (tertiary/aromatic N) is 2. The van der Waals surface area contributed by atoms with Crippen LogP contribution >= 0.6 is 11.6 Å². The number of anilines is 1. The van der Waals surface area contributed by atoms with Crippen molar-refractivity contribution in [1.82, 2.24) is 4.90 Å². The largest absolute Gasteiger partial charge is 0.491 e. The molecule has 2 heterocycles. The zero-order chi connectivity index (χ0) is 30.7. The van der Waals surface area contributed by atoms with Crippen molar-refractivity contribution in [2.75, 3.05) is 38.2 Å². The van der Waals surface area contributed by atoms with Crippen LogP contribution in [-0.4, -0.2) is 71.5 Å². The van der Waals surface area contributed by atoms with E-state index in [1.54, 1.807) is 25.2 Å². The van der Waals surface area contributed by atoms with Gasteiger partial charge in [0.25, 0.3) is 0 Å². The van der Waals surface area contributed by atoms with Crippen molar-refractivity contribution in [3.05, 3.63) is 70.3 Å². The van der Waals surface area contributed by atoms with E-state index in [0.717, 1.165) is 25.7 Å². The zero-order valence-corrected chi connectivity index (χ0v) is 25.8. The lowest BCUT2D eigenvalue weighted by atomic mass is 9.70. The molecule has 0 spiro atoms. The Morgan fingerprint density at radius 3 is 2.70 bits per heavy atom. The number of hydrogen-bond acceptors (Lipinski definition) is 6. The van der Waals surface area contributed by atoms with Crippen LogP contribution in [0.4, 0.5) is 5.69 Å². The third kappa shape index (κ3) is 6.71. The summed E-state index contributed by atoms with van der Waals surface area (Å²) in [4.78, 5) is 29.3. The summed E-state index contributed by atoms with van der Waals surface area (Å²) < 4.78 is 6.39. The average Bonchev–Trinajstić information content (AvgIpc) is 3.13. The Kier molecular flexibility index (Phi) is 9.69. The van der Waals surface area contributed by atoms with Crippen LogP contribution in [0.15, 0.2) is 48.6 Å². The van der Waals surface area contributed by atoms with Crippen molar-refractivity contribution in [3.8, 4) is 5.75 Å². The molecule has 5 atom stereocenters. The van der Waals surface area contributed by atoms with Crippen LogP contribution in [0.5, 0.6) is 5.75 Å². The quantitative estimate of drug-likeness (QED) is 0.412. The minimum atomic E-state index is -2.40. The second-order valence-corrected chi connectivity index (χ2v) is 12.8. The summed E-state index contributed by atoms with van der Waals surface area (Å²) >= 11 is 6.38. The highest BCUT2D eigenvalue weighted by Gasteiger charge is 2.43. The third-order valence-corrected chi connectivity index (χ3v) is 9.71. The first-order valence-electron chi connectivity index (χ1n) is 15.5. The molecule has 43 heavy (non-hydrogen) atoms. The fourth-order valence-electron chi connectivity index (χ4n) is 6.73. The number of carbonyl (C=O) groups excluding carboxylic acids is 1. The van der Waals surface area contributed by atoms with Crippen molar-refractivity contribution in [1.29, 1.82) is 0 Å². The first-order chi connectivity index (χ1) is 20.6. The second-order valence-electron chi connectivity index (χ2n) is 12.4. The van der Waals surface area contributed by atoms with E-state index in [0.29, 0.717) is 55.5 Å². The third-order valence-electron chi connectivity index (χ3n) is 9.48. The molecule has 2 aliphatic heterocycles. The van der Waals surface area contributed by atoms with Crippen LogP contribution in [0.2, 0.25) is 5.02 Å². The van der Waals surface area contributed by atoms with Crippen molar-refractivity contribution in [3.63, 3.8) is 0 Å². The maximum absolute atomic E-state index is 13.1. The number of aliphatic hydroxyl groups is 2. The molecule has 8 nitrogen and oxygen atoms in total. The van der Waals surface area contributed by atoms with Crippen LogP contribution in [0, 0.1) is 11.8 Å². The molecule has 1 aliphatic carbocycles. The Bertz CT molecular complexity index is 1360. The lowest BCUT2D eigenvalue weighted by Crippen LogP contribution is -2.44. The van der Waals surface area contributed by atoms with Crippen LogP contribution < -0.4 is 9.64 Å². The van der Waals surface area contributed by atoms with E-state index in [1.807, 2.05) is 24.3 Å². The Hall–Kier alpha value is -3.07. The number of hydrogen-bond donors (Lipinski definition) is 3. The highest BCUT2D eigenvalue weighted by atomic mass is 35.5. The summed E-state index contributed by atoms with van der Waals surface area (Å²) in [5, 5.41) is 33.5. The second kappa shape index (κ2) is 13.3. The highest BCUT2D eigenvalue weighted by molar-refractivity contribution is 6.30. The molecule has 3 aliphatic rings. The maximum Gasteiger partial charge on any atom is 0.340 e. The predicted molar refractivity (Wildman–Crippen MR) is 167 cm³/mol. The Morgan fingerprint density at radius 2 is 1.98 bits per heavy atom. The van der Waals surface area contributed by atoms with Crippen LogP contribution in [0.3, 0.4) is 0 Å². The maximum atomic E-state index is 13.1.